The maximum atomic E-state index is 5.55. The Hall–Kier alpha value is -1.29. The molecule has 4 heteroatoms. The number of pyridine rings is 1. The highest BCUT2D eigenvalue weighted by Crippen LogP contribution is 2.25. The largest absolute Gasteiger partial charge is 0.464 e. The van der Waals surface area contributed by atoms with Gasteiger partial charge in [0.2, 0.25) is 0 Å². The van der Waals surface area contributed by atoms with Gasteiger partial charge in [-0.25, -0.2) is 4.98 Å². The van der Waals surface area contributed by atoms with E-state index in [1.807, 2.05) is 18.2 Å². The first-order valence-electron chi connectivity index (χ1n) is 3.72. The molecule has 3 nitrogen and oxygen atoms in total. The van der Waals surface area contributed by atoms with Crippen LogP contribution >= 0.6 is 15.9 Å². The van der Waals surface area contributed by atoms with E-state index in [9.17, 15) is 0 Å². The molecular formula is C9H7BrN2O. The number of hydrogen-bond acceptors (Lipinski definition) is 3. The predicted molar refractivity (Wildman–Crippen MR) is 54.1 cm³/mol. The Labute approximate surface area is 83.7 Å². The molecule has 0 saturated carbocycles. The lowest BCUT2D eigenvalue weighted by atomic mass is 10.2. The van der Waals surface area contributed by atoms with Gasteiger partial charge in [-0.2, -0.15) is 0 Å². The summed E-state index contributed by atoms with van der Waals surface area (Å²) in [6.07, 6.45) is 3.30. The Bertz CT molecular complexity index is 412. The van der Waals surface area contributed by atoms with Gasteiger partial charge in [-0.05, 0) is 34.1 Å². The molecule has 0 aliphatic carbocycles. The molecule has 0 unspecified atom stereocenters. The first-order valence-corrected chi connectivity index (χ1v) is 4.51. The Morgan fingerprint density at radius 2 is 2.31 bits per heavy atom. The third kappa shape index (κ3) is 1.58. The molecule has 2 N–H and O–H groups in total. The van der Waals surface area contributed by atoms with Crippen LogP contribution in [0.25, 0.3) is 11.3 Å². The minimum atomic E-state index is 0.482. The van der Waals surface area contributed by atoms with Crippen LogP contribution in [0.2, 0.25) is 0 Å². The molecule has 2 aromatic rings. The van der Waals surface area contributed by atoms with Crippen molar-refractivity contribution in [3.8, 4) is 11.3 Å². The van der Waals surface area contributed by atoms with Gasteiger partial charge in [0.1, 0.15) is 11.6 Å². The molecule has 2 aromatic heterocycles. The molecule has 0 saturated heterocycles. The monoisotopic (exact) mass is 238 g/mol. The van der Waals surface area contributed by atoms with Crippen LogP contribution in [-0.4, -0.2) is 4.98 Å². The second-order valence-electron chi connectivity index (χ2n) is 2.57. The third-order valence-corrected chi connectivity index (χ3v) is 2.31. The lowest BCUT2D eigenvalue weighted by Gasteiger charge is -1.99. The summed E-state index contributed by atoms with van der Waals surface area (Å²) in [7, 11) is 0. The van der Waals surface area contributed by atoms with Crippen LogP contribution in [0.3, 0.4) is 0 Å². The zero-order valence-electron chi connectivity index (χ0n) is 6.70. The number of anilines is 1. The topological polar surface area (TPSA) is 52.0 Å². The first kappa shape index (κ1) is 8.31. The highest BCUT2D eigenvalue weighted by atomic mass is 79.9. The predicted octanol–water partition coefficient (Wildman–Crippen LogP) is 2.69. The Morgan fingerprint density at radius 3 is 2.92 bits per heavy atom. The third-order valence-electron chi connectivity index (χ3n) is 1.68. The van der Waals surface area contributed by atoms with Crippen LogP contribution in [0.4, 0.5) is 5.82 Å². The average Bonchev–Trinajstić information content (AvgIpc) is 2.62. The summed E-state index contributed by atoms with van der Waals surface area (Å²) in [4.78, 5) is 4.01. The minimum absolute atomic E-state index is 0.482. The Balaban J connectivity index is 2.49. The second kappa shape index (κ2) is 3.22. The van der Waals surface area contributed by atoms with E-state index in [-0.39, 0.29) is 0 Å². The van der Waals surface area contributed by atoms with E-state index in [0.717, 1.165) is 15.8 Å². The summed E-state index contributed by atoms with van der Waals surface area (Å²) < 4.78 is 5.99. The number of halogens is 1. The molecule has 0 atom stereocenters. The number of furan rings is 1. The van der Waals surface area contributed by atoms with Crippen molar-refractivity contribution in [3.05, 3.63) is 35.1 Å². The fraction of sp³-hybridized carbons (Fsp3) is 0. The highest BCUT2D eigenvalue weighted by Gasteiger charge is 2.03. The summed E-state index contributed by atoms with van der Waals surface area (Å²) in [6.45, 7) is 0. The van der Waals surface area contributed by atoms with Crippen LogP contribution in [0.5, 0.6) is 0 Å². The van der Waals surface area contributed by atoms with Gasteiger partial charge >= 0.3 is 0 Å². The molecule has 0 aliphatic rings. The second-order valence-corrected chi connectivity index (χ2v) is 3.42. The number of nitrogens with zero attached hydrogens (tertiary/aromatic N) is 1. The highest BCUT2D eigenvalue weighted by molar-refractivity contribution is 9.10. The van der Waals surface area contributed by atoms with Crippen LogP contribution in [0, 0.1) is 0 Å². The molecule has 2 rings (SSSR count). The van der Waals surface area contributed by atoms with Gasteiger partial charge in [0, 0.05) is 11.8 Å². The van der Waals surface area contributed by atoms with E-state index in [4.69, 9.17) is 10.2 Å². The minimum Gasteiger partial charge on any atom is -0.464 e. The van der Waals surface area contributed by atoms with Crippen molar-refractivity contribution >= 4 is 21.7 Å². The summed E-state index contributed by atoms with van der Waals surface area (Å²) in [5.41, 5.74) is 6.46. The van der Waals surface area contributed by atoms with Crippen molar-refractivity contribution in [1.29, 1.82) is 0 Å². The number of hydrogen-bond donors (Lipinski definition) is 1. The summed E-state index contributed by atoms with van der Waals surface area (Å²) >= 11 is 3.30. The molecule has 13 heavy (non-hydrogen) atoms. The van der Waals surface area contributed by atoms with Gasteiger partial charge in [0.05, 0.1) is 10.7 Å². The maximum absolute atomic E-state index is 5.55. The van der Waals surface area contributed by atoms with E-state index in [1.165, 1.54) is 0 Å². The molecule has 0 fully saturated rings. The smallest absolute Gasteiger partial charge is 0.137 e. The number of nitrogen functional groups attached to an aromatic ring is 1. The molecule has 0 amide bonds. The maximum Gasteiger partial charge on any atom is 0.137 e. The molecule has 2 heterocycles. The fourth-order valence-electron chi connectivity index (χ4n) is 1.03. The van der Waals surface area contributed by atoms with E-state index in [0.29, 0.717) is 5.82 Å². The zero-order chi connectivity index (χ0) is 9.26. The van der Waals surface area contributed by atoms with Crippen molar-refractivity contribution in [1.82, 2.24) is 4.98 Å². The number of aromatic nitrogens is 1. The van der Waals surface area contributed by atoms with Crippen molar-refractivity contribution in [2.45, 2.75) is 0 Å². The molecule has 0 spiro atoms. The summed E-state index contributed by atoms with van der Waals surface area (Å²) in [5, 5.41) is 0. The molecular weight excluding hydrogens is 232 g/mol. The standard InChI is InChI=1S/C9H7BrN2O/c10-7-4-6(5-12-9(7)11)8-2-1-3-13-8/h1-5H,(H2,11,12). The van der Waals surface area contributed by atoms with Crippen molar-refractivity contribution in [2.24, 2.45) is 0 Å². The lowest BCUT2D eigenvalue weighted by Crippen LogP contribution is -1.90. The quantitative estimate of drug-likeness (QED) is 0.832. The van der Waals surface area contributed by atoms with Gasteiger partial charge in [0.25, 0.3) is 0 Å². The molecule has 0 aliphatic heterocycles. The zero-order valence-corrected chi connectivity index (χ0v) is 8.28. The van der Waals surface area contributed by atoms with Crippen LogP contribution in [0.15, 0.2) is 39.5 Å². The molecule has 66 valence electrons. The summed E-state index contributed by atoms with van der Waals surface area (Å²) in [6, 6.07) is 5.58. The SMILES string of the molecule is Nc1ncc(-c2ccco2)cc1Br. The van der Waals surface area contributed by atoms with E-state index < -0.39 is 0 Å². The van der Waals surface area contributed by atoms with Crippen molar-refractivity contribution in [3.63, 3.8) is 0 Å². The van der Waals surface area contributed by atoms with Gasteiger partial charge in [0.15, 0.2) is 0 Å². The van der Waals surface area contributed by atoms with Crippen LogP contribution in [-0.2, 0) is 0 Å². The Kier molecular flexibility index (Phi) is 2.06. The van der Waals surface area contributed by atoms with Crippen LogP contribution < -0.4 is 5.73 Å². The summed E-state index contributed by atoms with van der Waals surface area (Å²) in [5.74, 6) is 1.27. The first-order chi connectivity index (χ1) is 6.27. The van der Waals surface area contributed by atoms with E-state index in [1.54, 1.807) is 12.5 Å². The van der Waals surface area contributed by atoms with Crippen molar-refractivity contribution < 1.29 is 4.42 Å². The van der Waals surface area contributed by atoms with Gasteiger partial charge in [-0.3, -0.25) is 0 Å². The van der Waals surface area contributed by atoms with Gasteiger partial charge in [-0.15, -0.1) is 0 Å². The lowest BCUT2D eigenvalue weighted by molar-refractivity contribution is 0.582. The number of nitrogens with two attached hydrogens (primary N) is 1. The molecule has 0 bridgehead atoms. The van der Waals surface area contributed by atoms with E-state index in [2.05, 4.69) is 20.9 Å². The molecule has 0 aromatic carbocycles. The van der Waals surface area contributed by atoms with Gasteiger partial charge < -0.3 is 10.2 Å². The average molecular weight is 239 g/mol. The number of rotatable bonds is 1. The van der Waals surface area contributed by atoms with Gasteiger partial charge in [-0.1, -0.05) is 0 Å². The Morgan fingerprint density at radius 1 is 1.46 bits per heavy atom. The molecule has 0 radical (unpaired) electrons. The van der Waals surface area contributed by atoms with Crippen LogP contribution in [0.1, 0.15) is 0 Å². The fourth-order valence-corrected chi connectivity index (χ4v) is 1.38. The normalized spacial score (nSPS) is 10.2. The van der Waals surface area contributed by atoms with Crippen molar-refractivity contribution in [2.75, 3.05) is 5.73 Å². The van der Waals surface area contributed by atoms with E-state index >= 15 is 0 Å².